The number of amides is 1. The van der Waals surface area contributed by atoms with Crippen LogP contribution in [0.5, 0.6) is 57.5 Å². The number of hydrogen-bond donors (Lipinski definition) is 2. The number of methoxy groups -OCH3 is 8. The van der Waals surface area contributed by atoms with Crippen molar-refractivity contribution in [1.82, 2.24) is 20.0 Å². The number of halogens is 2. The predicted octanol–water partition coefficient (Wildman–Crippen LogP) is 16.3. The normalized spacial score (nSPS) is 26.5. The van der Waals surface area contributed by atoms with Gasteiger partial charge in [-0.1, -0.05) is 198 Å². The van der Waals surface area contributed by atoms with Gasteiger partial charge in [-0.3, -0.25) is 19.2 Å². The van der Waals surface area contributed by atoms with Crippen molar-refractivity contribution < 1.29 is 152 Å². The van der Waals surface area contributed by atoms with E-state index in [2.05, 4.69) is 111 Å². The van der Waals surface area contributed by atoms with E-state index < -0.39 is 16.9 Å². The molecule has 0 spiro atoms. The minimum Gasteiger partial charge on any atom is -0.870 e. The number of hydrogen-bond acceptors (Lipinski definition) is 24. The van der Waals surface area contributed by atoms with Crippen LogP contribution in [0.25, 0.3) is 0 Å². The van der Waals surface area contributed by atoms with E-state index in [4.69, 9.17) is 68.4 Å². The first-order valence-electron chi connectivity index (χ1n) is 49.4. The second kappa shape index (κ2) is 48.4. The van der Waals surface area contributed by atoms with Crippen LogP contribution in [-0.4, -0.2) is 206 Å². The van der Waals surface area contributed by atoms with Crippen LogP contribution in [0.4, 0.5) is 9.59 Å². The number of nitrogens with zero attached hydrogens (tertiary/aromatic N) is 3. The third kappa shape index (κ3) is 22.2. The van der Waals surface area contributed by atoms with E-state index in [1.54, 1.807) is 93.3 Å². The Morgan fingerprint density at radius 2 is 0.701 bits per heavy atom. The first-order valence-corrected chi connectivity index (χ1v) is 50.9. The average molecular weight is 2070 g/mol. The molecule has 0 radical (unpaired) electrons. The number of ether oxygens (including phenoxy) is 13. The SMILES string of the molecule is BrCc1ccccc1.COc1ccc2c(c1O)[C@@]13CCN(C)C(C2)[C@H]1CC(OC)C(=O)C3.COc1ccc2c(c1OCc1ccccc1)[C@@]13CCN(C(=O)Oc4ccccc4)C(C2)[C@H]1CC(OC)C(=O)C3.COc1ccc2c(c1OCc1ccccc1)[C@@]13CCN(C)C(C2)[C@H]1CC(OC)C(=O)C3.COc1ccc2c(c1OCc1ccccc1)[C@@]13CCNC(C2)[C@H]1CC(OC)C(=O)C3.O=C(Cl)Oc1ccccc1.[K+].[OH-]. The van der Waals surface area contributed by atoms with Gasteiger partial charge in [-0.05, 0) is 227 Å². The van der Waals surface area contributed by atoms with Crippen molar-refractivity contribution in [2.75, 3.05) is 97.2 Å². The molecule has 756 valence electrons. The molecule has 8 fully saturated rings. The molecule has 4 saturated heterocycles. The molecule has 12 aliphatic rings. The summed E-state index contributed by atoms with van der Waals surface area (Å²) in [6.45, 7) is 4.69. The van der Waals surface area contributed by atoms with Gasteiger partial charge >= 0.3 is 62.9 Å². The van der Waals surface area contributed by atoms with Crippen molar-refractivity contribution in [3.63, 3.8) is 0 Å². The average Bonchev–Trinajstić information content (AvgIpc) is 0.733. The molecule has 4 saturated carbocycles. The molecule has 4 aliphatic heterocycles. The van der Waals surface area contributed by atoms with Gasteiger partial charge in [-0.2, -0.15) is 0 Å². The van der Waals surface area contributed by atoms with Crippen molar-refractivity contribution in [2.24, 2.45) is 23.7 Å². The summed E-state index contributed by atoms with van der Waals surface area (Å²) in [7, 11) is 17.5. The summed E-state index contributed by atoms with van der Waals surface area (Å²) < 4.78 is 74.6. The van der Waals surface area contributed by atoms with Gasteiger partial charge in [0.1, 0.15) is 55.7 Å². The summed E-state index contributed by atoms with van der Waals surface area (Å²) in [5.74, 6) is 7.93. The molecule has 8 aliphatic carbocycles. The number of likely N-dealkylation sites (N-methyl/N-ethyl adjacent to an activating group) is 2. The Kier molecular flexibility index (Phi) is 36.4. The van der Waals surface area contributed by atoms with Crippen LogP contribution in [0.2, 0.25) is 0 Å². The minimum absolute atomic E-state index is 0. The molecule has 28 heteroatoms. The molecule has 1 amide bonds. The third-order valence-electron chi connectivity index (χ3n) is 32.5. The molecular formula is C116H131BrClKN4O21. The maximum absolute atomic E-state index is 13.5. The molecule has 22 rings (SSSR count). The number of nitrogens with one attached hydrogen (secondary N) is 1. The van der Waals surface area contributed by atoms with Crippen molar-refractivity contribution >= 4 is 62.2 Å². The van der Waals surface area contributed by atoms with Crippen molar-refractivity contribution in [3.05, 3.63) is 297 Å². The Morgan fingerprint density at radius 3 is 1.06 bits per heavy atom. The van der Waals surface area contributed by atoms with E-state index >= 15 is 0 Å². The number of rotatable bonds is 20. The Morgan fingerprint density at radius 1 is 0.389 bits per heavy atom. The van der Waals surface area contributed by atoms with Gasteiger partial charge in [0.25, 0.3) is 0 Å². The van der Waals surface area contributed by atoms with Gasteiger partial charge in [-0.25, -0.2) is 9.59 Å². The Labute approximate surface area is 900 Å². The van der Waals surface area contributed by atoms with Crippen LogP contribution in [0.3, 0.4) is 0 Å². The molecule has 3 N–H and O–H groups in total. The maximum atomic E-state index is 13.5. The topological polar surface area (TPSA) is 294 Å². The third-order valence-corrected chi connectivity index (χ3v) is 33.2. The van der Waals surface area contributed by atoms with E-state index in [9.17, 15) is 33.9 Å². The number of piperidine rings is 4. The molecule has 10 aromatic carbocycles. The van der Waals surface area contributed by atoms with Crippen molar-refractivity contribution in [2.45, 2.75) is 198 Å². The fourth-order valence-corrected chi connectivity index (χ4v) is 26.4. The van der Waals surface area contributed by atoms with E-state index in [0.717, 1.165) is 145 Å². The van der Waals surface area contributed by atoms with Crippen LogP contribution < -0.4 is 99.3 Å². The zero-order valence-electron chi connectivity index (χ0n) is 84.1. The van der Waals surface area contributed by atoms with E-state index in [0.29, 0.717) is 136 Å². The molecule has 0 aromatic heterocycles. The quantitative estimate of drug-likeness (QED) is 0.0407. The maximum Gasteiger partial charge on any atom is 1.00 e. The number of phenols is 1. The number of aromatic hydroxyl groups is 1. The van der Waals surface area contributed by atoms with E-state index in [-0.39, 0.29) is 138 Å². The van der Waals surface area contributed by atoms with Gasteiger partial charge in [0.2, 0.25) is 0 Å². The van der Waals surface area contributed by atoms with Crippen molar-refractivity contribution in [1.29, 1.82) is 0 Å². The van der Waals surface area contributed by atoms with Crippen molar-refractivity contribution in [3.8, 4) is 57.5 Å². The van der Waals surface area contributed by atoms with E-state index in [1.165, 1.54) is 27.8 Å². The number of ketones is 4. The first kappa shape index (κ1) is 108. The molecule has 8 bridgehead atoms. The molecular weight excluding hydrogens is 1940 g/mol. The fourth-order valence-electron chi connectivity index (χ4n) is 25.9. The summed E-state index contributed by atoms with van der Waals surface area (Å²) in [6.07, 6.45) is 9.74. The van der Waals surface area contributed by atoms with Crippen LogP contribution in [0, 0.1) is 23.7 Å². The van der Waals surface area contributed by atoms with Gasteiger partial charge in [-0.15, -0.1) is 0 Å². The minimum atomic E-state index is -0.814. The Bertz CT molecular complexity index is 6110. The standard InChI is InChI=1S/C32H33NO6.C26H31NO4.C25H29NO4.C19H25NO4.C7H7Br.C7H5ClO2.K.H2O/c1-36-27-14-13-22-17-25-24-18-28(37-2)26(34)19-32(24,29(22)30(27)38-20-21-9-5-3-6-10-21)15-16-33(25)31(35)39-23-11-7-4-8-12-23;1-27-12-11-26-15-21(28)23(30-3)14-19(26)20(27)13-18-9-10-22(29-2)25(24(18)26)31-16-17-7-5-4-6-8-17;1-28-21-9-8-17-12-19-18-13-22(29-2)20(27)14-25(18,10-11-26-19)23(17)24(21)30-15-16-6-4-3-5-7-16;1-20-7-6-19-10-14(21)16(24-3)9-12(19)13(20)8-11-4-5-15(23-2)18(22)17(11)19;8-6-7-4-2-1-3-5-7;8-7(9)10-6-4-2-1-3-5-6;;/h3-14,24-25,28H,15-20H2,1-2H3;4-10,19-20,23H,11-16H2,1-3H3;3-9,18-19,22,26H,10-15H2,1-2H3;4-5,12-13,16,22H,6-10H2,1-3H3;1-5H,6H2;1-5H;;1H2/q;;;;;;+1;/p-1/t24-,25?,28?,32-;19-,20?,23?,26-;18-,19?,22?,25-;12-,13?,16?,19-;;;;/m1111..../s1. The summed E-state index contributed by atoms with van der Waals surface area (Å²) in [5.41, 5.74) is 11.8. The number of carbonyl (C=O) groups excluding carboxylic acids is 6. The van der Waals surface area contributed by atoms with Crippen LogP contribution >= 0.6 is 27.5 Å². The number of carbonyl (C=O) groups is 6. The number of fused-ring (bicyclic) bond motifs is 4. The summed E-state index contributed by atoms with van der Waals surface area (Å²) in [4.78, 5) is 82.5. The molecule has 10 aromatic rings. The summed E-state index contributed by atoms with van der Waals surface area (Å²) >= 11 is 8.31. The monoisotopic (exact) mass is 2070 g/mol. The zero-order chi connectivity index (χ0) is 99.6. The van der Waals surface area contributed by atoms with Crippen LogP contribution in [-0.2, 0) is 111 Å². The number of alkyl halides is 1. The first-order chi connectivity index (χ1) is 69.0. The summed E-state index contributed by atoms with van der Waals surface area (Å²) in [6, 6.07) is 75.8. The summed E-state index contributed by atoms with van der Waals surface area (Å²) in [5, 5.41) is 15.5. The van der Waals surface area contributed by atoms with E-state index in [1.807, 2.05) is 138 Å². The molecule has 144 heavy (non-hydrogen) atoms. The molecule has 8 unspecified atom stereocenters. The second-order valence-electron chi connectivity index (χ2n) is 39.5. The number of likely N-dealkylation sites (tertiary alicyclic amines) is 3. The number of para-hydroxylation sites is 2. The number of benzene rings is 10. The molecule has 4 heterocycles. The number of phenolic OH excluding ortho intramolecular Hbond substituents is 1. The van der Waals surface area contributed by atoms with Crippen LogP contribution in [0.1, 0.15) is 144 Å². The smallest absolute Gasteiger partial charge is 0.870 e. The predicted molar refractivity (Wildman–Crippen MR) is 547 cm³/mol. The van der Waals surface area contributed by atoms with Gasteiger partial charge in [0.15, 0.2) is 69.1 Å². The second-order valence-corrected chi connectivity index (χ2v) is 40.4. The largest absolute Gasteiger partial charge is 1.00 e. The zero-order valence-corrected chi connectivity index (χ0v) is 89.6. The van der Waals surface area contributed by atoms with Gasteiger partial charge < -0.3 is 92.2 Å². The Balaban J connectivity index is 0.000000137. The fraction of sp³-hybridized carbons (Fsp3) is 0.431. The van der Waals surface area contributed by atoms with Crippen LogP contribution in [0.15, 0.2) is 231 Å². The Hall–Kier alpha value is -9.89. The molecule has 25 nitrogen and oxygen atoms in total. The van der Waals surface area contributed by atoms with Gasteiger partial charge in [0.05, 0.1) is 28.4 Å². The number of Topliss-reactive ketones (excluding diaryl/α,β-unsaturated/α-hetero) is 4. The van der Waals surface area contributed by atoms with Gasteiger partial charge in [0, 0.05) is 146 Å². The molecule has 16 atom stereocenters.